The number of Topliss-reactive ketones (excluding diaryl/α,β-unsaturated/α-hetero) is 1. The van der Waals surface area contributed by atoms with Crippen LogP contribution in [0, 0.1) is 0 Å². The van der Waals surface area contributed by atoms with Gasteiger partial charge in [-0.05, 0) is 11.6 Å². The predicted octanol–water partition coefficient (Wildman–Crippen LogP) is 0.779. The van der Waals surface area contributed by atoms with E-state index in [0.29, 0.717) is 25.3 Å². The Labute approximate surface area is 94.3 Å². The molecule has 86 valence electrons. The largest absolute Gasteiger partial charge is 0.492 e. The molecule has 1 aromatic carbocycles. The van der Waals surface area contributed by atoms with Crippen LogP contribution in [0.4, 0.5) is 0 Å². The third-order valence-electron chi connectivity index (χ3n) is 2.51. The second-order valence-electron chi connectivity index (χ2n) is 3.66. The summed E-state index contributed by atoms with van der Waals surface area (Å²) in [6.45, 7) is 1.55. The molecule has 0 atom stereocenters. The fraction of sp³-hybridized carbons (Fsp3) is 0.417. The lowest BCUT2D eigenvalue weighted by atomic mass is 10.1. The average Bonchev–Trinajstić information content (AvgIpc) is 2.76. The highest BCUT2D eigenvalue weighted by Gasteiger charge is 2.20. The van der Waals surface area contributed by atoms with Crippen LogP contribution in [0.5, 0.6) is 5.75 Å². The molecule has 16 heavy (non-hydrogen) atoms. The number of carbonyl (C=O) groups excluding carboxylic acids is 1. The van der Waals surface area contributed by atoms with Gasteiger partial charge < -0.3 is 15.2 Å². The van der Waals surface area contributed by atoms with Gasteiger partial charge in [0.25, 0.3) is 0 Å². The number of fused-ring (bicyclic) bond motifs is 1. The Balaban J connectivity index is 2.09. The number of benzene rings is 1. The molecule has 0 amide bonds. The molecule has 2 N–H and O–H groups in total. The maximum absolute atomic E-state index is 11.8. The number of para-hydroxylation sites is 1. The highest BCUT2D eigenvalue weighted by molar-refractivity contribution is 6.00. The Morgan fingerprint density at radius 3 is 3.19 bits per heavy atom. The number of hydrogen-bond donors (Lipinski definition) is 1. The molecule has 0 bridgehead atoms. The van der Waals surface area contributed by atoms with Gasteiger partial charge in [-0.15, -0.1) is 0 Å². The summed E-state index contributed by atoms with van der Waals surface area (Å²) in [5, 5.41) is 0. The van der Waals surface area contributed by atoms with Gasteiger partial charge in [-0.3, -0.25) is 4.79 Å². The van der Waals surface area contributed by atoms with Crippen molar-refractivity contribution >= 4 is 5.78 Å². The minimum absolute atomic E-state index is 0.0489. The number of ketones is 1. The van der Waals surface area contributed by atoms with Crippen LogP contribution < -0.4 is 10.5 Å². The Morgan fingerprint density at radius 1 is 1.50 bits per heavy atom. The normalized spacial score (nSPS) is 13.3. The zero-order chi connectivity index (χ0) is 11.4. The zero-order valence-corrected chi connectivity index (χ0v) is 9.07. The molecule has 1 aromatic rings. The first-order valence-electron chi connectivity index (χ1n) is 5.38. The fourth-order valence-electron chi connectivity index (χ4n) is 1.76. The van der Waals surface area contributed by atoms with Crippen LogP contribution in [0.2, 0.25) is 0 Å². The van der Waals surface area contributed by atoms with E-state index in [1.54, 1.807) is 6.07 Å². The Morgan fingerprint density at radius 2 is 2.38 bits per heavy atom. The predicted molar refractivity (Wildman–Crippen MR) is 59.8 cm³/mol. The van der Waals surface area contributed by atoms with Crippen molar-refractivity contribution in [2.45, 2.75) is 6.42 Å². The molecule has 0 radical (unpaired) electrons. The molecule has 1 aliphatic heterocycles. The molecule has 0 saturated carbocycles. The van der Waals surface area contributed by atoms with E-state index in [0.717, 1.165) is 17.7 Å². The molecule has 4 heteroatoms. The van der Waals surface area contributed by atoms with Gasteiger partial charge in [0.15, 0.2) is 5.78 Å². The van der Waals surface area contributed by atoms with Gasteiger partial charge in [-0.25, -0.2) is 0 Å². The second-order valence-corrected chi connectivity index (χ2v) is 3.66. The monoisotopic (exact) mass is 221 g/mol. The molecule has 0 fully saturated rings. The van der Waals surface area contributed by atoms with Crippen LogP contribution in [-0.4, -0.2) is 32.1 Å². The van der Waals surface area contributed by atoms with E-state index in [2.05, 4.69) is 0 Å². The van der Waals surface area contributed by atoms with E-state index in [1.807, 2.05) is 12.1 Å². The van der Waals surface area contributed by atoms with Crippen molar-refractivity contribution in [3.8, 4) is 5.75 Å². The molecular weight excluding hydrogens is 206 g/mol. The number of rotatable bonds is 5. The molecule has 0 aromatic heterocycles. The topological polar surface area (TPSA) is 61.5 Å². The van der Waals surface area contributed by atoms with Crippen LogP contribution in [0.1, 0.15) is 15.9 Å². The van der Waals surface area contributed by atoms with E-state index >= 15 is 0 Å². The second kappa shape index (κ2) is 5.09. The van der Waals surface area contributed by atoms with Crippen LogP contribution >= 0.6 is 0 Å². The summed E-state index contributed by atoms with van der Waals surface area (Å²) >= 11 is 0. The van der Waals surface area contributed by atoms with E-state index in [9.17, 15) is 4.79 Å². The molecule has 0 aliphatic carbocycles. The Bertz CT molecular complexity index is 390. The van der Waals surface area contributed by atoms with Crippen molar-refractivity contribution in [3.05, 3.63) is 29.3 Å². The summed E-state index contributed by atoms with van der Waals surface area (Å²) in [5.41, 5.74) is 7.00. The summed E-state index contributed by atoms with van der Waals surface area (Å²) < 4.78 is 10.6. The number of ether oxygens (including phenoxy) is 2. The lowest BCUT2D eigenvalue weighted by molar-refractivity contribution is 0.0771. The van der Waals surface area contributed by atoms with E-state index < -0.39 is 0 Å². The van der Waals surface area contributed by atoms with Crippen LogP contribution in [0.15, 0.2) is 18.2 Å². The molecule has 0 spiro atoms. The summed E-state index contributed by atoms with van der Waals surface area (Å²) in [7, 11) is 0. The first-order valence-corrected chi connectivity index (χ1v) is 5.38. The summed E-state index contributed by atoms with van der Waals surface area (Å²) in [5.74, 6) is 0.677. The van der Waals surface area contributed by atoms with Gasteiger partial charge in [0, 0.05) is 13.0 Å². The Hall–Kier alpha value is -1.39. The standard InChI is InChI=1S/C12H15NO3/c13-5-7-15-8-11(14)10-3-1-2-9-4-6-16-12(9)10/h1-3H,4-8,13H2. The van der Waals surface area contributed by atoms with E-state index in [1.165, 1.54) is 0 Å². The van der Waals surface area contributed by atoms with Gasteiger partial charge in [0.05, 0.1) is 18.8 Å². The number of carbonyl (C=O) groups is 1. The molecule has 4 nitrogen and oxygen atoms in total. The fourth-order valence-corrected chi connectivity index (χ4v) is 1.76. The van der Waals surface area contributed by atoms with Gasteiger partial charge in [-0.2, -0.15) is 0 Å². The van der Waals surface area contributed by atoms with Gasteiger partial charge in [-0.1, -0.05) is 12.1 Å². The van der Waals surface area contributed by atoms with E-state index in [-0.39, 0.29) is 12.4 Å². The van der Waals surface area contributed by atoms with Gasteiger partial charge >= 0.3 is 0 Å². The average molecular weight is 221 g/mol. The quantitative estimate of drug-likeness (QED) is 0.589. The van der Waals surface area contributed by atoms with Gasteiger partial charge in [0.2, 0.25) is 0 Å². The van der Waals surface area contributed by atoms with Crippen molar-refractivity contribution in [1.82, 2.24) is 0 Å². The SMILES string of the molecule is NCCOCC(=O)c1cccc2c1OCC2. The smallest absolute Gasteiger partial charge is 0.192 e. The molecular formula is C12H15NO3. The van der Waals surface area contributed by atoms with E-state index in [4.69, 9.17) is 15.2 Å². The molecule has 1 heterocycles. The van der Waals surface area contributed by atoms with Gasteiger partial charge in [0.1, 0.15) is 12.4 Å². The first-order chi connectivity index (χ1) is 7.83. The lowest BCUT2D eigenvalue weighted by Gasteiger charge is -2.07. The summed E-state index contributed by atoms with van der Waals surface area (Å²) in [4.78, 5) is 11.8. The van der Waals surface area contributed by atoms with Crippen molar-refractivity contribution in [2.24, 2.45) is 5.73 Å². The van der Waals surface area contributed by atoms with Crippen molar-refractivity contribution in [2.75, 3.05) is 26.4 Å². The third kappa shape index (κ3) is 2.23. The van der Waals surface area contributed by atoms with Crippen molar-refractivity contribution < 1.29 is 14.3 Å². The minimum Gasteiger partial charge on any atom is -0.492 e. The molecule has 0 saturated heterocycles. The maximum Gasteiger partial charge on any atom is 0.192 e. The minimum atomic E-state index is -0.0489. The van der Waals surface area contributed by atoms with Crippen LogP contribution in [0.3, 0.4) is 0 Å². The van der Waals surface area contributed by atoms with Crippen LogP contribution in [0.25, 0.3) is 0 Å². The Kier molecular flexibility index (Phi) is 3.54. The number of nitrogens with two attached hydrogens (primary N) is 1. The van der Waals surface area contributed by atoms with Crippen LogP contribution in [-0.2, 0) is 11.2 Å². The summed E-state index contributed by atoms with van der Waals surface area (Å²) in [6.07, 6.45) is 0.875. The number of hydrogen-bond acceptors (Lipinski definition) is 4. The zero-order valence-electron chi connectivity index (χ0n) is 9.07. The van der Waals surface area contributed by atoms with Crippen molar-refractivity contribution in [3.63, 3.8) is 0 Å². The van der Waals surface area contributed by atoms with Crippen molar-refractivity contribution in [1.29, 1.82) is 0 Å². The third-order valence-corrected chi connectivity index (χ3v) is 2.51. The highest BCUT2D eigenvalue weighted by Crippen LogP contribution is 2.29. The molecule has 0 unspecified atom stereocenters. The maximum atomic E-state index is 11.8. The summed E-state index contributed by atoms with van der Waals surface area (Å²) in [6, 6.07) is 5.64. The molecule has 2 rings (SSSR count). The lowest BCUT2D eigenvalue weighted by Crippen LogP contribution is -2.15. The highest BCUT2D eigenvalue weighted by atomic mass is 16.5. The molecule has 1 aliphatic rings. The first kappa shape index (κ1) is 11.1.